The molecule has 4 aromatic rings. The second-order valence-electron chi connectivity index (χ2n) is 8.23. The molecule has 1 atom stereocenters. The van der Waals surface area contributed by atoms with Crippen molar-refractivity contribution in [2.24, 2.45) is 0 Å². The van der Waals surface area contributed by atoms with Gasteiger partial charge in [-0.25, -0.2) is 0 Å². The van der Waals surface area contributed by atoms with Crippen molar-refractivity contribution in [1.29, 1.82) is 0 Å². The first kappa shape index (κ1) is 20.8. The molecular weight excluding hydrogens is 422 g/mol. The molecule has 164 valence electrons. The fourth-order valence-electron chi connectivity index (χ4n) is 4.41. The van der Waals surface area contributed by atoms with Crippen LogP contribution in [0.3, 0.4) is 0 Å². The lowest BCUT2D eigenvalue weighted by Crippen LogP contribution is -2.42. The van der Waals surface area contributed by atoms with Gasteiger partial charge in [-0.1, -0.05) is 54.2 Å². The molecule has 1 saturated heterocycles. The van der Waals surface area contributed by atoms with Crippen molar-refractivity contribution in [3.63, 3.8) is 0 Å². The van der Waals surface area contributed by atoms with Gasteiger partial charge < -0.3 is 4.90 Å². The minimum atomic E-state index is -0.0980. The van der Waals surface area contributed by atoms with E-state index in [0.717, 1.165) is 30.5 Å². The predicted molar refractivity (Wildman–Crippen MR) is 126 cm³/mol. The Balaban J connectivity index is 1.53. The van der Waals surface area contributed by atoms with E-state index in [0.29, 0.717) is 28.6 Å². The highest BCUT2D eigenvalue weighted by atomic mass is 32.2. The molecular formula is C24H25N5O2S. The highest BCUT2D eigenvalue weighted by Crippen LogP contribution is 2.24. The molecule has 0 bridgehead atoms. The van der Waals surface area contributed by atoms with E-state index in [1.54, 1.807) is 4.57 Å². The van der Waals surface area contributed by atoms with Crippen molar-refractivity contribution in [2.45, 2.75) is 43.9 Å². The fraction of sp³-hybridized carbons (Fsp3) is 0.333. The summed E-state index contributed by atoms with van der Waals surface area (Å²) in [6.07, 6.45) is 3.30. The predicted octanol–water partition coefficient (Wildman–Crippen LogP) is 3.59. The molecule has 8 heteroatoms. The van der Waals surface area contributed by atoms with Crippen LogP contribution in [0.5, 0.6) is 0 Å². The summed E-state index contributed by atoms with van der Waals surface area (Å²) in [5, 5.41) is 9.96. The van der Waals surface area contributed by atoms with Crippen LogP contribution in [0.2, 0.25) is 0 Å². The van der Waals surface area contributed by atoms with Crippen LogP contribution < -0.4 is 5.56 Å². The van der Waals surface area contributed by atoms with Crippen molar-refractivity contribution in [1.82, 2.24) is 24.1 Å². The second kappa shape index (κ2) is 8.78. The number of benzene rings is 2. The smallest absolute Gasteiger partial charge is 0.263 e. The zero-order valence-electron chi connectivity index (χ0n) is 18.0. The first-order valence-corrected chi connectivity index (χ1v) is 11.9. The molecule has 0 spiro atoms. The monoisotopic (exact) mass is 447 g/mol. The van der Waals surface area contributed by atoms with Gasteiger partial charge in [-0.3, -0.25) is 18.6 Å². The van der Waals surface area contributed by atoms with Crippen LogP contribution in [0.1, 0.15) is 31.7 Å². The third kappa shape index (κ3) is 3.79. The number of amides is 1. The van der Waals surface area contributed by atoms with E-state index in [4.69, 9.17) is 0 Å². The topological polar surface area (TPSA) is 72.5 Å². The van der Waals surface area contributed by atoms with Crippen molar-refractivity contribution >= 4 is 34.3 Å². The first-order valence-electron chi connectivity index (χ1n) is 11.0. The van der Waals surface area contributed by atoms with E-state index in [1.165, 1.54) is 18.2 Å². The van der Waals surface area contributed by atoms with Gasteiger partial charge in [-0.2, -0.15) is 0 Å². The SMILES string of the molecule is CC1CCCCN1C(=O)CSc1nnc2n(Cc3ccccc3)c(=O)c3ccccc3n12. The van der Waals surface area contributed by atoms with Gasteiger partial charge in [0.2, 0.25) is 11.7 Å². The Labute approximate surface area is 190 Å². The van der Waals surface area contributed by atoms with Crippen LogP contribution in [-0.4, -0.2) is 48.3 Å². The highest BCUT2D eigenvalue weighted by Gasteiger charge is 2.24. The molecule has 7 nitrogen and oxygen atoms in total. The molecule has 1 aliphatic rings. The summed E-state index contributed by atoms with van der Waals surface area (Å²) in [6, 6.07) is 17.6. The van der Waals surface area contributed by atoms with Crippen molar-refractivity contribution in [3.05, 3.63) is 70.5 Å². The average Bonchev–Trinajstić information content (AvgIpc) is 3.25. The highest BCUT2D eigenvalue weighted by molar-refractivity contribution is 7.99. The van der Waals surface area contributed by atoms with Crippen molar-refractivity contribution in [2.75, 3.05) is 12.3 Å². The number of carbonyl (C=O) groups is 1. The maximum absolute atomic E-state index is 13.3. The Morgan fingerprint density at radius 1 is 1.06 bits per heavy atom. The summed E-state index contributed by atoms with van der Waals surface area (Å²) in [7, 11) is 0. The molecule has 2 aromatic heterocycles. The molecule has 1 amide bonds. The molecule has 0 N–H and O–H groups in total. The van der Waals surface area contributed by atoms with E-state index in [-0.39, 0.29) is 17.5 Å². The van der Waals surface area contributed by atoms with Gasteiger partial charge in [-0.05, 0) is 43.9 Å². The average molecular weight is 448 g/mol. The fourth-order valence-corrected chi connectivity index (χ4v) is 5.24. The zero-order chi connectivity index (χ0) is 22.1. The standard InChI is InChI=1S/C24H25N5O2S/c1-17-9-7-8-14-27(17)21(30)16-32-24-26-25-23-28(15-18-10-3-2-4-11-18)22(31)19-12-5-6-13-20(19)29(23)24/h2-6,10-13,17H,7-9,14-16H2,1H3. The lowest BCUT2D eigenvalue weighted by atomic mass is 10.0. The molecule has 0 aliphatic carbocycles. The maximum Gasteiger partial charge on any atom is 0.263 e. The number of hydrogen-bond donors (Lipinski definition) is 0. The van der Waals surface area contributed by atoms with Crippen molar-refractivity contribution < 1.29 is 4.79 Å². The number of nitrogens with zero attached hydrogens (tertiary/aromatic N) is 5. The van der Waals surface area contributed by atoms with Crippen molar-refractivity contribution in [3.8, 4) is 0 Å². The van der Waals surface area contributed by atoms with Gasteiger partial charge in [0.25, 0.3) is 5.56 Å². The van der Waals surface area contributed by atoms with Crippen LogP contribution in [0.15, 0.2) is 64.5 Å². The minimum Gasteiger partial charge on any atom is -0.339 e. The Morgan fingerprint density at radius 3 is 2.66 bits per heavy atom. The normalized spacial score (nSPS) is 16.7. The van der Waals surface area contributed by atoms with Gasteiger partial charge in [0.05, 0.1) is 23.2 Å². The number of carbonyl (C=O) groups excluding carboxylic acids is 1. The van der Waals surface area contributed by atoms with Gasteiger partial charge in [0, 0.05) is 12.6 Å². The first-order chi connectivity index (χ1) is 15.6. The molecule has 1 aliphatic heterocycles. The number of thioether (sulfide) groups is 1. The molecule has 5 rings (SSSR count). The quantitative estimate of drug-likeness (QED) is 0.437. The number of fused-ring (bicyclic) bond motifs is 3. The summed E-state index contributed by atoms with van der Waals surface area (Å²) in [4.78, 5) is 28.1. The summed E-state index contributed by atoms with van der Waals surface area (Å²) in [6.45, 7) is 3.34. The number of rotatable bonds is 5. The molecule has 1 unspecified atom stereocenters. The van der Waals surface area contributed by atoms with Crippen LogP contribution in [0, 0.1) is 0 Å². The number of para-hydroxylation sites is 1. The second-order valence-corrected chi connectivity index (χ2v) is 9.18. The van der Waals surface area contributed by atoms with E-state index in [9.17, 15) is 9.59 Å². The Morgan fingerprint density at radius 2 is 1.84 bits per heavy atom. The summed E-state index contributed by atoms with van der Waals surface area (Å²) >= 11 is 1.38. The van der Waals surface area contributed by atoms with Crippen LogP contribution in [-0.2, 0) is 11.3 Å². The van der Waals surface area contributed by atoms with E-state index in [2.05, 4.69) is 17.1 Å². The Hall–Kier alpha value is -3.13. The van der Waals surface area contributed by atoms with Gasteiger partial charge >= 0.3 is 0 Å². The molecule has 0 radical (unpaired) electrons. The lowest BCUT2D eigenvalue weighted by molar-refractivity contribution is -0.131. The van der Waals surface area contributed by atoms with Crippen LogP contribution in [0.25, 0.3) is 16.7 Å². The third-order valence-corrected chi connectivity index (χ3v) is 7.02. The zero-order valence-corrected chi connectivity index (χ0v) is 18.8. The number of piperidine rings is 1. The van der Waals surface area contributed by atoms with Crippen LogP contribution >= 0.6 is 11.8 Å². The maximum atomic E-state index is 13.3. The molecule has 3 heterocycles. The summed E-state index contributed by atoms with van der Waals surface area (Å²) in [5.41, 5.74) is 1.67. The summed E-state index contributed by atoms with van der Waals surface area (Å²) < 4.78 is 3.56. The van der Waals surface area contributed by atoms with E-state index < -0.39 is 0 Å². The third-order valence-electron chi connectivity index (χ3n) is 6.11. The lowest BCUT2D eigenvalue weighted by Gasteiger charge is -2.33. The van der Waals surface area contributed by atoms with Gasteiger partial charge in [0.1, 0.15) is 0 Å². The number of aromatic nitrogens is 4. The molecule has 0 saturated carbocycles. The molecule has 2 aromatic carbocycles. The Kier molecular flexibility index (Phi) is 5.70. The number of hydrogen-bond acceptors (Lipinski definition) is 5. The van der Waals surface area contributed by atoms with Gasteiger partial charge in [-0.15, -0.1) is 10.2 Å². The van der Waals surface area contributed by atoms with E-state index in [1.807, 2.05) is 63.9 Å². The summed E-state index contributed by atoms with van der Waals surface area (Å²) in [5.74, 6) is 0.914. The van der Waals surface area contributed by atoms with Gasteiger partial charge in [0.15, 0.2) is 5.16 Å². The number of likely N-dealkylation sites (tertiary alicyclic amines) is 1. The van der Waals surface area contributed by atoms with E-state index >= 15 is 0 Å². The van der Waals surface area contributed by atoms with Crippen LogP contribution in [0.4, 0.5) is 0 Å². The molecule has 1 fully saturated rings. The Bertz CT molecular complexity index is 1330. The molecule has 32 heavy (non-hydrogen) atoms. The minimum absolute atomic E-state index is 0.0980. The largest absolute Gasteiger partial charge is 0.339 e.